The normalized spacial score (nSPS) is 10.7. The molecule has 1 aromatic heterocycles. The molecule has 1 N–H and O–H groups in total. The Labute approximate surface area is 162 Å². The van der Waals surface area contributed by atoms with Crippen LogP contribution in [-0.2, 0) is 17.8 Å². The third kappa shape index (κ3) is 5.10. The molecule has 0 aliphatic carbocycles. The number of benzene rings is 2. The number of thioether (sulfide) groups is 1. The molecule has 0 saturated heterocycles. The average molecular weight is 383 g/mol. The summed E-state index contributed by atoms with van der Waals surface area (Å²) in [7, 11) is 0. The second-order valence-electron chi connectivity index (χ2n) is 5.85. The molecule has 2 aromatic carbocycles. The number of nitrogens with zero attached hydrogens (tertiary/aromatic N) is 3. The fraction of sp³-hybridized carbons (Fsp3) is 0.250. The van der Waals surface area contributed by atoms with Crippen LogP contribution in [0.5, 0.6) is 5.75 Å². The van der Waals surface area contributed by atoms with E-state index in [2.05, 4.69) is 17.1 Å². The Kier molecular flexibility index (Phi) is 6.49. The van der Waals surface area contributed by atoms with E-state index in [0.717, 1.165) is 17.9 Å². The van der Waals surface area contributed by atoms with Gasteiger partial charge in [-0.3, -0.25) is 9.36 Å². The van der Waals surface area contributed by atoms with Crippen LogP contribution in [0.2, 0.25) is 0 Å². The van der Waals surface area contributed by atoms with Crippen molar-refractivity contribution >= 4 is 17.7 Å². The zero-order chi connectivity index (χ0) is 19.1. The van der Waals surface area contributed by atoms with Crippen LogP contribution in [0.1, 0.15) is 24.7 Å². The Morgan fingerprint density at radius 3 is 2.52 bits per heavy atom. The Morgan fingerprint density at radius 2 is 1.85 bits per heavy atom. The molecule has 0 bridgehead atoms. The number of carboxylic acids is 1. The second kappa shape index (κ2) is 9.23. The van der Waals surface area contributed by atoms with Gasteiger partial charge in [0.25, 0.3) is 0 Å². The van der Waals surface area contributed by atoms with Crippen molar-refractivity contribution in [2.75, 3.05) is 5.75 Å². The summed E-state index contributed by atoms with van der Waals surface area (Å²) in [4.78, 5) is 10.8. The number of aryl methyl sites for hydroxylation is 1. The van der Waals surface area contributed by atoms with Crippen LogP contribution in [0, 0.1) is 0 Å². The number of hydrogen-bond acceptors (Lipinski definition) is 5. The molecule has 6 nitrogen and oxygen atoms in total. The Bertz CT molecular complexity index is 879. The molecular weight excluding hydrogens is 362 g/mol. The third-order valence-electron chi connectivity index (χ3n) is 3.96. The topological polar surface area (TPSA) is 77.2 Å². The highest BCUT2D eigenvalue weighted by Gasteiger charge is 2.15. The Hall–Kier alpha value is -2.80. The van der Waals surface area contributed by atoms with E-state index >= 15 is 0 Å². The highest BCUT2D eigenvalue weighted by molar-refractivity contribution is 7.99. The van der Waals surface area contributed by atoms with Crippen molar-refractivity contribution in [3.05, 3.63) is 66.0 Å². The molecule has 1 heterocycles. The first-order valence-electron chi connectivity index (χ1n) is 8.73. The number of carboxylic acid groups (broad SMARTS) is 1. The summed E-state index contributed by atoms with van der Waals surface area (Å²) >= 11 is 1.37. The standard InChI is InChI=1S/C20H21N3O3S/c1-2-15-8-10-17(11-9-15)26-14-18-21-22-20(27-13-12-19(24)25)23(18)16-6-4-3-5-7-16/h3-11H,2,12-14H2,1H3,(H,24,25). The molecule has 0 radical (unpaired) electrons. The highest BCUT2D eigenvalue weighted by atomic mass is 32.2. The van der Waals surface area contributed by atoms with Crippen LogP contribution in [0.3, 0.4) is 0 Å². The highest BCUT2D eigenvalue weighted by Crippen LogP contribution is 2.23. The molecule has 0 aliphatic rings. The minimum Gasteiger partial charge on any atom is -0.486 e. The SMILES string of the molecule is CCc1ccc(OCc2nnc(SCCC(=O)O)n2-c2ccccc2)cc1. The zero-order valence-corrected chi connectivity index (χ0v) is 15.9. The first-order chi connectivity index (χ1) is 13.2. The summed E-state index contributed by atoms with van der Waals surface area (Å²) in [5.74, 6) is 1.04. The van der Waals surface area contributed by atoms with Crippen molar-refractivity contribution in [1.29, 1.82) is 0 Å². The number of ether oxygens (including phenoxy) is 1. The largest absolute Gasteiger partial charge is 0.486 e. The summed E-state index contributed by atoms with van der Waals surface area (Å²) < 4.78 is 7.79. The smallest absolute Gasteiger partial charge is 0.304 e. The Morgan fingerprint density at radius 1 is 1.11 bits per heavy atom. The van der Waals surface area contributed by atoms with E-state index < -0.39 is 5.97 Å². The molecule has 3 rings (SSSR count). The number of rotatable bonds is 9. The molecule has 0 fully saturated rings. The van der Waals surface area contributed by atoms with E-state index in [4.69, 9.17) is 9.84 Å². The molecule has 0 aliphatic heterocycles. The quantitative estimate of drug-likeness (QED) is 0.563. The summed E-state index contributed by atoms with van der Waals surface area (Å²) in [5, 5.41) is 18.0. The first-order valence-corrected chi connectivity index (χ1v) is 9.72. The van der Waals surface area contributed by atoms with E-state index in [0.29, 0.717) is 16.7 Å². The molecule has 0 saturated carbocycles. The number of para-hydroxylation sites is 1. The summed E-state index contributed by atoms with van der Waals surface area (Å²) in [5.41, 5.74) is 2.17. The fourth-order valence-corrected chi connectivity index (χ4v) is 3.42. The van der Waals surface area contributed by atoms with Gasteiger partial charge >= 0.3 is 5.97 Å². The molecule has 0 spiro atoms. The lowest BCUT2D eigenvalue weighted by atomic mass is 10.2. The van der Waals surface area contributed by atoms with E-state index in [-0.39, 0.29) is 13.0 Å². The summed E-state index contributed by atoms with van der Waals surface area (Å²) in [6.45, 7) is 2.38. The van der Waals surface area contributed by atoms with Gasteiger partial charge in [-0.2, -0.15) is 0 Å². The lowest BCUT2D eigenvalue weighted by Gasteiger charge is -2.11. The van der Waals surface area contributed by atoms with E-state index in [9.17, 15) is 4.79 Å². The van der Waals surface area contributed by atoms with Crippen LogP contribution < -0.4 is 4.74 Å². The average Bonchev–Trinajstić information content (AvgIpc) is 3.10. The van der Waals surface area contributed by atoms with Crippen molar-refractivity contribution < 1.29 is 14.6 Å². The van der Waals surface area contributed by atoms with Gasteiger partial charge in [0.2, 0.25) is 0 Å². The molecule has 140 valence electrons. The molecule has 0 atom stereocenters. The number of aliphatic carboxylic acids is 1. The van der Waals surface area contributed by atoms with Gasteiger partial charge in [0.1, 0.15) is 12.4 Å². The van der Waals surface area contributed by atoms with Crippen molar-refractivity contribution in [3.63, 3.8) is 0 Å². The monoisotopic (exact) mass is 383 g/mol. The summed E-state index contributed by atoms with van der Waals surface area (Å²) in [6.07, 6.45) is 1.06. The molecular formula is C20H21N3O3S. The number of aromatic nitrogens is 3. The van der Waals surface area contributed by atoms with E-state index in [1.165, 1.54) is 17.3 Å². The number of carbonyl (C=O) groups is 1. The first kappa shape index (κ1) is 19.0. The maximum absolute atomic E-state index is 10.8. The van der Waals surface area contributed by atoms with Crippen LogP contribution in [0.4, 0.5) is 0 Å². The van der Waals surface area contributed by atoms with Crippen LogP contribution in [0.25, 0.3) is 5.69 Å². The van der Waals surface area contributed by atoms with Crippen molar-refractivity contribution in [1.82, 2.24) is 14.8 Å². The third-order valence-corrected chi connectivity index (χ3v) is 4.89. The van der Waals surface area contributed by atoms with Crippen LogP contribution >= 0.6 is 11.8 Å². The maximum atomic E-state index is 10.8. The van der Waals surface area contributed by atoms with Crippen molar-refractivity contribution in [3.8, 4) is 11.4 Å². The lowest BCUT2D eigenvalue weighted by Crippen LogP contribution is -2.07. The molecule has 27 heavy (non-hydrogen) atoms. The minimum atomic E-state index is -0.827. The molecule has 7 heteroatoms. The maximum Gasteiger partial charge on any atom is 0.304 e. The lowest BCUT2D eigenvalue weighted by molar-refractivity contribution is -0.136. The van der Waals surface area contributed by atoms with Gasteiger partial charge in [-0.25, -0.2) is 0 Å². The summed E-state index contributed by atoms with van der Waals surface area (Å²) in [6, 6.07) is 17.7. The van der Waals surface area contributed by atoms with Crippen molar-refractivity contribution in [2.45, 2.75) is 31.5 Å². The molecule has 0 unspecified atom stereocenters. The predicted octanol–water partition coefficient (Wildman–Crippen LogP) is 3.98. The van der Waals surface area contributed by atoms with Gasteiger partial charge in [0.15, 0.2) is 11.0 Å². The van der Waals surface area contributed by atoms with Gasteiger partial charge in [0, 0.05) is 11.4 Å². The molecule has 0 amide bonds. The minimum absolute atomic E-state index is 0.0714. The van der Waals surface area contributed by atoms with Gasteiger partial charge < -0.3 is 9.84 Å². The van der Waals surface area contributed by atoms with E-state index in [1.807, 2.05) is 59.2 Å². The van der Waals surface area contributed by atoms with Crippen LogP contribution in [-0.4, -0.2) is 31.6 Å². The Balaban J connectivity index is 1.78. The fourth-order valence-electron chi connectivity index (χ4n) is 2.52. The van der Waals surface area contributed by atoms with Gasteiger partial charge in [-0.05, 0) is 36.2 Å². The number of hydrogen-bond donors (Lipinski definition) is 1. The van der Waals surface area contributed by atoms with Crippen LogP contribution in [0.15, 0.2) is 59.8 Å². The van der Waals surface area contributed by atoms with Crippen molar-refractivity contribution in [2.24, 2.45) is 0 Å². The van der Waals surface area contributed by atoms with Gasteiger partial charge in [0.05, 0.1) is 6.42 Å². The molecule has 3 aromatic rings. The van der Waals surface area contributed by atoms with Gasteiger partial charge in [-0.1, -0.05) is 49.0 Å². The predicted molar refractivity (Wildman–Crippen MR) is 104 cm³/mol. The zero-order valence-electron chi connectivity index (χ0n) is 15.0. The van der Waals surface area contributed by atoms with Gasteiger partial charge in [-0.15, -0.1) is 10.2 Å². The van der Waals surface area contributed by atoms with E-state index in [1.54, 1.807) is 0 Å². The second-order valence-corrected chi connectivity index (χ2v) is 6.91.